The molecule has 1 aromatic rings. The van der Waals surface area contributed by atoms with Crippen LogP contribution in [0.1, 0.15) is 12.0 Å². The number of halogens is 1. The Bertz CT molecular complexity index is 309. The smallest absolute Gasteiger partial charge is 0.125 e. The summed E-state index contributed by atoms with van der Waals surface area (Å²) in [6.07, 6.45) is 0.663. The fourth-order valence-corrected chi connectivity index (χ4v) is 0.877. The summed E-state index contributed by atoms with van der Waals surface area (Å²) in [5.41, 5.74) is 0.603. The minimum Gasteiger partial charge on any atom is -0.304 e. The van der Waals surface area contributed by atoms with Gasteiger partial charge in [0.15, 0.2) is 0 Å². The van der Waals surface area contributed by atoms with E-state index in [-0.39, 0.29) is 17.9 Å². The van der Waals surface area contributed by atoms with Gasteiger partial charge in [0, 0.05) is 12.1 Å². The van der Waals surface area contributed by atoms with E-state index in [1.54, 1.807) is 6.07 Å². The second-order valence-corrected chi connectivity index (χ2v) is 2.36. The first-order chi connectivity index (χ1) is 5.74. The lowest BCUT2D eigenvalue weighted by Gasteiger charge is -1.98. The van der Waals surface area contributed by atoms with Crippen LogP contribution in [0.25, 0.3) is 0 Å². The Hall–Kier alpha value is -1.51. The predicted molar refractivity (Wildman–Crippen MR) is 43.9 cm³/mol. The topological polar surface area (TPSA) is 40.9 Å². The standard InChI is InChI=1S/C9H8FNO/c10-8-3-1-2-7(6-8)9(11)4-5-12/h1-3,5-6,11H,4H2. The predicted octanol–water partition coefficient (Wildman–Crippen LogP) is 1.78. The quantitative estimate of drug-likeness (QED) is 0.538. The third-order valence-corrected chi connectivity index (χ3v) is 1.46. The molecule has 0 aliphatic rings. The summed E-state index contributed by atoms with van der Waals surface area (Å²) in [4.78, 5) is 10.0. The summed E-state index contributed by atoms with van der Waals surface area (Å²) in [5.74, 6) is -0.386. The van der Waals surface area contributed by atoms with Gasteiger partial charge >= 0.3 is 0 Å². The van der Waals surface area contributed by atoms with Crippen molar-refractivity contribution in [3.63, 3.8) is 0 Å². The molecular formula is C9H8FNO. The zero-order chi connectivity index (χ0) is 8.97. The Morgan fingerprint density at radius 3 is 2.92 bits per heavy atom. The highest BCUT2D eigenvalue weighted by atomic mass is 19.1. The number of aldehydes is 1. The van der Waals surface area contributed by atoms with E-state index in [2.05, 4.69) is 0 Å². The summed E-state index contributed by atoms with van der Waals surface area (Å²) in [6, 6.07) is 5.67. The average Bonchev–Trinajstić information content (AvgIpc) is 2.05. The largest absolute Gasteiger partial charge is 0.304 e. The fourth-order valence-electron chi connectivity index (χ4n) is 0.877. The summed E-state index contributed by atoms with van der Waals surface area (Å²) >= 11 is 0. The summed E-state index contributed by atoms with van der Waals surface area (Å²) < 4.78 is 12.6. The molecule has 62 valence electrons. The van der Waals surface area contributed by atoms with Crippen molar-refractivity contribution in [3.05, 3.63) is 35.6 Å². The first kappa shape index (κ1) is 8.59. The molecule has 2 nitrogen and oxygen atoms in total. The van der Waals surface area contributed by atoms with Gasteiger partial charge in [-0.25, -0.2) is 4.39 Å². The van der Waals surface area contributed by atoms with Crippen LogP contribution in [0.4, 0.5) is 4.39 Å². The second-order valence-electron chi connectivity index (χ2n) is 2.36. The molecule has 12 heavy (non-hydrogen) atoms. The van der Waals surface area contributed by atoms with E-state index in [4.69, 9.17) is 5.41 Å². The van der Waals surface area contributed by atoms with Crippen LogP contribution in [0.15, 0.2) is 24.3 Å². The molecule has 0 spiro atoms. The van der Waals surface area contributed by atoms with E-state index >= 15 is 0 Å². The molecule has 0 radical (unpaired) electrons. The van der Waals surface area contributed by atoms with Crippen molar-refractivity contribution in [1.29, 1.82) is 5.41 Å². The van der Waals surface area contributed by atoms with Crippen molar-refractivity contribution < 1.29 is 9.18 Å². The lowest BCUT2D eigenvalue weighted by atomic mass is 10.1. The average molecular weight is 165 g/mol. The zero-order valence-corrected chi connectivity index (χ0v) is 6.38. The maximum absolute atomic E-state index is 12.6. The van der Waals surface area contributed by atoms with Crippen LogP contribution in [-0.4, -0.2) is 12.0 Å². The molecule has 0 aromatic heterocycles. The van der Waals surface area contributed by atoms with Gasteiger partial charge in [-0.2, -0.15) is 0 Å². The molecule has 0 saturated heterocycles. The van der Waals surface area contributed by atoms with Gasteiger partial charge < -0.3 is 10.2 Å². The molecule has 0 heterocycles. The van der Waals surface area contributed by atoms with E-state index < -0.39 is 0 Å². The van der Waals surface area contributed by atoms with Gasteiger partial charge in [0.05, 0.1) is 0 Å². The molecule has 0 saturated carbocycles. The van der Waals surface area contributed by atoms with Crippen molar-refractivity contribution in [2.45, 2.75) is 6.42 Å². The fraction of sp³-hybridized carbons (Fsp3) is 0.111. The summed E-state index contributed by atoms with van der Waals surface area (Å²) in [5, 5.41) is 7.33. The highest BCUT2D eigenvalue weighted by molar-refractivity contribution is 6.04. The van der Waals surface area contributed by atoms with Crippen molar-refractivity contribution >= 4 is 12.0 Å². The molecule has 0 atom stereocenters. The molecule has 0 bridgehead atoms. The maximum Gasteiger partial charge on any atom is 0.125 e. The highest BCUT2D eigenvalue weighted by Gasteiger charge is 2.00. The Morgan fingerprint density at radius 1 is 1.58 bits per heavy atom. The van der Waals surface area contributed by atoms with Gasteiger partial charge in [-0.05, 0) is 17.7 Å². The maximum atomic E-state index is 12.6. The third kappa shape index (κ3) is 1.99. The first-order valence-electron chi connectivity index (χ1n) is 3.51. The minimum atomic E-state index is -0.386. The van der Waals surface area contributed by atoms with E-state index in [1.165, 1.54) is 18.2 Å². The lowest BCUT2D eigenvalue weighted by Crippen LogP contribution is -1.99. The van der Waals surface area contributed by atoms with Gasteiger partial charge in [0.1, 0.15) is 12.1 Å². The van der Waals surface area contributed by atoms with Crippen LogP contribution in [0.5, 0.6) is 0 Å². The van der Waals surface area contributed by atoms with Crippen LogP contribution in [0.2, 0.25) is 0 Å². The number of carbonyl (C=O) groups excluding carboxylic acids is 1. The van der Waals surface area contributed by atoms with Crippen LogP contribution in [-0.2, 0) is 4.79 Å². The molecule has 0 aliphatic carbocycles. The van der Waals surface area contributed by atoms with Crippen LogP contribution < -0.4 is 0 Å². The van der Waals surface area contributed by atoms with Crippen LogP contribution in [0.3, 0.4) is 0 Å². The van der Waals surface area contributed by atoms with E-state index in [0.717, 1.165) is 0 Å². The Labute approximate surface area is 69.5 Å². The van der Waals surface area contributed by atoms with Crippen molar-refractivity contribution in [1.82, 2.24) is 0 Å². The molecule has 0 fully saturated rings. The highest BCUT2D eigenvalue weighted by Crippen LogP contribution is 2.05. The van der Waals surface area contributed by atoms with Crippen molar-refractivity contribution in [2.75, 3.05) is 0 Å². The lowest BCUT2D eigenvalue weighted by molar-refractivity contribution is -0.106. The van der Waals surface area contributed by atoms with Gasteiger partial charge in [-0.1, -0.05) is 12.1 Å². The Balaban J connectivity index is 2.87. The van der Waals surface area contributed by atoms with Gasteiger partial charge in [0.25, 0.3) is 0 Å². The SMILES string of the molecule is N=C(CC=O)c1cccc(F)c1. The van der Waals surface area contributed by atoms with E-state index in [1.807, 2.05) is 0 Å². The minimum absolute atomic E-state index is 0.0312. The summed E-state index contributed by atoms with van der Waals surface area (Å²) in [7, 11) is 0. The van der Waals surface area contributed by atoms with E-state index in [0.29, 0.717) is 11.8 Å². The number of carbonyl (C=O) groups is 1. The number of hydrogen-bond acceptors (Lipinski definition) is 2. The first-order valence-corrected chi connectivity index (χ1v) is 3.51. The number of nitrogens with one attached hydrogen (secondary N) is 1. The number of rotatable bonds is 3. The molecule has 1 rings (SSSR count). The van der Waals surface area contributed by atoms with Crippen LogP contribution >= 0.6 is 0 Å². The Kier molecular flexibility index (Phi) is 2.69. The zero-order valence-electron chi connectivity index (χ0n) is 6.38. The van der Waals surface area contributed by atoms with Gasteiger partial charge in [0.2, 0.25) is 0 Å². The second kappa shape index (κ2) is 3.76. The number of benzene rings is 1. The molecule has 1 N–H and O–H groups in total. The third-order valence-electron chi connectivity index (χ3n) is 1.46. The van der Waals surface area contributed by atoms with Crippen LogP contribution in [0, 0.1) is 11.2 Å². The van der Waals surface area contributed by atoms with E-state index in [9.17, 15) is 9.18 Å². The Morgan fingerprint density at radius 2 is 2.33 bits per heavy atom. The van der Waals surface area contributed by atoms with Crippen molar-refractivity contribution in [3.8, 4) is 0 Å². The molecule has 1 aromatic carbocycles. The van der Waals surface area contributed by atoms with Crippen molar-refractivity contribution in [2.24, 2.45) is 0 Å². The normalized spacial score (nSPS) is 9.42. The summed E-state index contributed by atoms with van der Waals surface area (Å²) in [6.45, 7) is 0. The number of hydrogen-bond donors (Lipinski definition) is 1. The molecule has 0 unspecified atom stereocenters. The molecular weight excluding hydrogens is 157 g/mol. The molecule has 0 aliphatic heterocycles. The molecule has 0 amide bonds. The van der Waals surface area contributed by atoms with Gasteiger partial charge in [-0.15, -0.1) is 0 Å². The van der Waals surface area contributed by atoms with Gasteiger partial charge in [-0.3, -0.25) is 0 Å². The monoisotopic (exact) mass is 165 g/mol. The molecule has 3 heteroatoms.